The zero-order valence-electron chi connectivity index (χ0n) is 17.0. The molecule has 160 valence electrons. The Morgan fingerprint density at radius 1 is 0.871 bits per heavy atom. The maximum absolute atomic E-state index is 14.4. The third kappa shape index (κ3) is 4.63. The van der Waals surface area contributed by atoms with Gasteiger partial charge in [0.2, 0.25) is 11.8 Å². The zero-order valence-corrected chi connectivity index (χ0v) is 17.0. The predicted molar refractivity (Wildman–Crippen MR) is 114 cm³/mol. The number of ether oxygens (including phenoxy) is 1. The number of rotatable bonds is 5. The first-order valence-corrected chi connectivity index (χ1v) is 9.26. The van der Waals surface area contributed by atoms with Crippen LogP contribution in [0.5, 0.6) is 11.5 Å². The van der Waals surface area contributed by atoms with Gasteiger partial charge in [-0.15, -0.1) is 0 Å². The average Bonchev–Trinajstić information content (AvgIpc) is 2.70. The fourth-order valence-electron chi connectivity index (χ4n) is 3.19. The van der Waals surface area contributed by atoms with Crippen LogP contribution in [0.3, 0.4) is 0 Å². The third-order valence-corrected chi connectivity index (χ3v) is 4.51. The molecule has 0 aliphatic heterocycles. The molecule has 0 aliphatic carbocycles. The molecule has 0 aliphatic rings. The van der Waals surface area contributed by atoms with Crippen molar-refractivity contribution >= 4 is 23.2 Å². The Balaban J connectivity index is 2.07. The number of anilines is 2. The second-order valence-corrected chi connectivity index (χ2v) is 6.79. The van der Waals surface area contributed by atoms with Gasteiger partial charge in [-0.1, -0.05) is 24.3 Å². The minimum Gasteiger partial charge on any atom is -0.507 e. The molecular weight excluding hydrogens is 406 g/mol. The number of carbonyl (C=O) groups is 2. The lowest BCUT2D eigenvalue weighted by Gasteiger charge is -2.14. The fourth-order valence-corrected chi connectivity index (χ4v) is 3.19. The highest BCUT2D eigenvalue weighted by Crippen LogP contribution is 2.41. The van der Waals surface area contributed by atoms with E-state index in [-0.39, 0.29) is 22.8 Å². The van der Waals surface area contributed by atoms with Gasteiger partial charge >= 0.3 is 0 Å². The number of methoxy groups -OCH3 is 1. The first-order chi connectivity index (χ1) is 14.7. The van der Waals surface area contributed by atoms with E-state index in [1.165, 1.54) is 20.1 Å². The summed E-state index contributed by atoms with van der Waals surface area (Å²) in [6, 6.07) is 11.8. The monoisotopic (exact) mass is 426 g/mol. The predicted octanol–water partition coefficient (Wildman–Crippen LogP) is 4.93. The van der Waals surface area contributed by atoms with Crippen LogP contribution in [-0.4, -0.2) is 24.0 Å². The largest absolute Gasteiger partial charge is 0.507 e. The number of phenolic OH excluding ortho intramolecular Hbond substituents is 1. The summed E-state index contributed by atoms with van der Waals surface area (Å²) in [7, 11) is 1.45. The molecule has 0 heterocycles. The molecule has 0 atom stereocenters. The summed E-state index contributed by atoms with van der Waals surface area (Å²) in [4.78, 5) is 22.5. The average molecular weight is 426 g/mol. The van der Waals surface area contributed by atoms with E-state index in [0.29, 0.717) is 22.6 Å². The molecular formula is C23H20F2N2O4. The number of para-hydroxylation sites is 1. The smallest absolute Gasteiger partial charge is 0.221 e. The first kappa shape index (κ1) is 21.8. The van der Waals surface area contributed by atoms with Crippen molar-refractivity contribution in [2.45, 2.75) is 13.8 Å². The number of hydrogen-bond donors (Lipinski definition) is 3. The molecule has 0 bridgehead atoms. The SMILES string of the molecule is COc1cc(-c2cccc(-c3cc(F)c(NC(C)=O)c(F)c3)c2O)ccc1NC(C)=O. The molecule has 0 fully saturated rings. The van der Waals surface area contributed by atoms with Gasteiger partial charge in [-0.2, -0.15) is 0 Å². The Bertz CT molecular complexity index is 1160. The lowest BCUT2D eigenvalue weighted by atomic mass is 9.96. The fraction of sp³-hybridized carbons (Fsp3) is 0.130. The molecule has 3 rings (SSSR count). The molecule has 6 nitrogen and oxygen atoms in total. The number of carbonyl (C=O) groups excluding carboxylic acids is 2. The van der Waals surface area contributed by atoms with E-state index in [1.54, 1.807) is 30.3 Å². The number of amides is 2. The number of phenols is 1. The Labute approximate surface area is 177 Å². The Morgan fingerprint density at radius 3 is 2.00 bits per heavy atom. The zero-order chi connectivity index (χ0) is 22.7. The van der Waals surface area contributed by atoms with Crippen LogP contribution in [0.15, 0.2) is 48.5 Å². The summed E-state index contributed by atoms with van der Waals surface area (Å²) in [5, 5.41) is 15.6. The molecule has 0 saturated heterocycles. The number of benzene rings is 3. The van der Waals surface area contributed by atoms with Gasteiger partial charge in [0.25, 0.3) is 0 Å². The molecule has 3 aromatic rings. The summed E-state index contributed by atoms with van der Waals surface area (Å²) >= 11 is 0. The second-order valence-electron chi connectivity index (χ2n) is 6.79. The van der Waals surface area contributed by atoms with Crippen molar-refractivity contribution in [3.8, 4) is 33.8 Å². The molecule has 0 aromatic heterocycles. The number of halogens is 2. The Kier molecular flexibility index (Phi) is 6.20. The quantitative estimate of drug-likeness (QED) is 0.540. The van der Waals surface area contributed by atoms with Crippen molar-refractivity contribution in [2.75, 3.05) is 17.7 Å². The van der Waals surface area contributed by atoms with E-state index in [4.69, 9.17) is 4.74 Å². The van der Waals surface area contributed by atoms with Crippen LogP contribution in [-0.2, 0) is 9.59 Å². The van der Waals surface area contributed by atoms with E-state index in [1.807, 2.05) is 0 Å². The standard InChI is InChI=1S/C23H20F2N2O4/c1-12(28)26-20-8-7-14(11-21(20)31-3)16-5-4-6-17(23(16)30)15-9-18(24)22(19(25)10-15)27-13(2)29/h4-11,30H,1-3H3,(H,26,28)(H,27,29). The highest BCUT2D eigenvalue weighted by Gasteiger charge is 2.17. The molecule has 31 heavy (non-hydrogen) atoms. The van der Waals surface area contributed by atoms with Crippen molar-refractivity contribution < 1.29 is 28.2 Å². The van der Waals surface area contributed by atoms with E-state index >= 15 is 0 Å². The van der Waals surface area contributed by atoms with E-state index in [2.05, 4.69) is 10.6 Å². The molecule has 0 radical (unpaired) electrons. The lowest BCUT2D eigenvalue weighted by Crippen LogP contribution is -2.09. The van der Waals surface area contributed by atoms with Crippen molar-refractivity contribution in [2.24, 2.45) is 0 Å². The van der Waals surface area contributed by atoms with Gasteiger partial charge < -0.3 is 20.5 Å². The van der Waals surface area contributed by atoms with E-state index in [0.717, 1.165) is 19.1 Å². The highest BCUT2D eigenvalue weighted by atomic mass is 19.1. The highest BCUT2D eigenvalue weighted by molar-refractivity contribution is 5.92. The van der Waals surface area contributed by atoms with Gasteiger partial charge in [0, 0.05) is 25.0 Å². The van der Waals surface area contributed by atoms with E-state index < -0.39 is 23.2 Å². The van der Waals surface area contributed by atoms with Crippen LogP contribution in [0.1, 0.15) is 13.8 Å². The summed E-state index contributed by atoms with van der Waals surface area (Å²) in [6.07, 6.45) is 0. The minimum absolute atomic E-state index is 0.102. The second kappa shape index (κ2) is 8.83. The van der Waals surface area contributed by atoms with Gasteiger partial charge in [-0.3, -0.25) is 9.59 Å². The number of nitrogens with one attached hydrogen (secondary N) is 2. The van der Waals surface area contributed by atoms with Crippen molar-refractivity contribution in [3.63, 3.8) is 0 Å². The molecule has 2 amide bonds. The van der Waals surface area contributed by atoms with Gasteiger partial charge in [0.1, 0.15) is 28.8 Å². The van der Waals surface area contributed by atoms with Gasteiger partial charge in [-0.25, -0.2) is 8.78 Å². The van der Waals surface area contributed by atoms with Crippen molar-refractivity contribution in [1.82, 2.24) is 0 Å². The molecule has 8 heteroatoms. The molecule has 3 aromatic carbocycles. The minimum atomic E-state index is -0.962. The Morgan fingerprint density at radius 2 is 1.45 bits per heavy atom. The maximum Gasteiger partial charge on any atom is 0.221 e. The number of aromatic hydroxyl groups is 1. The number of hydrogen-bond acceptors (Lipinski definition) is 4. The third-order valence-electron chi connectivity index (χ3n) is 4.51. The van der Waals surface area contributed by atoms with Crippen LogP contribution in [0.25, 0.3) is 22.3 Å². The normalized spacial score (nSPS) is 10.5. The summed E-state index contributed by atoms with van der Waals surface area (Å²) < 4.78 is 34.1. The topological polar surface area (TPSA) is 87.7 Å². The van der Waals surface area contributed by atoms with Crippen LogP contribution >= 0.6 is 0 Å². The molecule has 0 saturated carbocycles. The van der Waals surface area contributed by atoms with Crippen molar-refractivity contribution in [1.29, 1.82) is 0 Å². The summed E-state index contributed by atoms with van der Waals surface area (Å²) in [6.45, 7) is 2.52. The maximum atomic E-state index is 14.4. The molecule has 3 N–H and O–H groups in total. The summed E-state index contributed by atoms with van der Waals surface area (Å²) in [5.74, 6) is -2.60. The summed E-state index contributed by atoms with van der Waals surface area (Å²) in [5.41, 5.74) is 1.19. The van der Waals surface area contributed by atoms with Crippen LogP contribution < -0.4 is 15.4 Å². The van der Waals surface area contributed by atoms with Gasteiger partial charge in [0.15, 0.2) is 0 Å². The first-order valence-electron chi connectivity index (χ1n) is 9.26. The van der Waals surface area contributed by atoms with Crippen LogP contribution in [0.4, 0.5) is 20.2 Å². The van der Waals surface area contributed by atoms with Crippen molar-refractivity contribution in [3.05, 3.63) is 60.2 Å². The van der Waals surface area contributed by atoms with Gasteiger partial charge in [0.05, 0.1) is 12.8 Å². The van der Waals surface area contributed by atoms with Crippen LogP contribution in [0, 0.1) is 11.6 Å². The molecule has 0 spiro atoms. The molecule has 0 unspecified atom stereocenters. The Hall–Kier alpha value is -3.94. The lowest BCUT2D eigenvalue weighted by molar-refractivity contribution is -0.115. The van der Waals surface area contributed by atoms with E-state index in [9.17, 15) is 23.5 Å². The van der Waals surface area contributed by atoms with Gasteiger partial charge in [-0.05, 0) is 35.4 Å². The van der Waals surface area contributed by atoms with Crippen LogP contribution in [0.2, 0.25) is 0 Å².